The fraction of sp³-hybridized carbons (Fsp3) is 0.474. The first kappa shape index (κ1) is 17.6. The smallest absolute Gasteiger partial charge is 0.272 e. The summed E-state index contributed by atoms with van der Waals surface area (Å²) in [6.07, 6.45) is 3.32. The zero-order chi connectivity index (χ0) is 18.0. The number of rotatable bonds is 4. The van der Waals surface area contributed by atoms with Gasteiger partial charge in [-0.2, -0.15) is 5.10 Å². The second-order valence-corrected chi connectivity index (χ2v) is 6.83. The summed E-state index contributed by atoms with van der Waals surface area (Å²) >= 11 is 0. The van der Waals surface area contributed by atoms with Crippen molar-refractivity contribution in [2.45, 2.75) is 32.6 Å². The van der Waals surface area contributed by atoms with Crippen LogP contribution in [0.4, 0.5) is 8.78 Å². The normalized spacial score (nSPS) is 17.8. The average molecular weight is 347 g/mol. The van der Waals surface area contributed by atoms with Gasteiger partial charge in [0.15, 0.2) is 0 Å². The van der Waals surface area contributed by atoms with Crippen LogP contribution in [0.2, 0.25) is 0 Å². The number of likely N-dealkylation sites (tertiary alicyclic amines) is 1. The largest absolute Gasteiger partial charge is 0.337 e. The quantitative estimate of drug-likeness (QED) is 0.849. The fourth-order valence-corrected chi connectivity index (χ4v) is 3.54. The van der Waals surface area contributed by atoms with Crippen molar-refractivity contribution in [1.29, 1.82) is 0 Å². The number of piperidine rings is 1. The molecule has 0 unspecified atom stereocenters. The predicted molar refractivity (Wildman–Crippen MR) is 91.3 cm³/mol. The SMILES string of the molecule is Cc1cc(C(=O)N2CCC[C@H](CCc3ccc(F)cc3F)C2)n(C)n1. The van der Waals surface area contributed by atoms with E-state index in [1.165, 1.54) is 12.1 Å². The van der Waals surface area contributed by atoms with E-state index in [4.69, 9.17) is 0 Å². The van der Waals surface area contributed by atoms with Gasteiger partial charge in [-0.05, 0) is 56.2 Å². The minimum Gasteiger partial charge on any atom is -0.337 e. The summed E-state index contributed by atoms with van der Waals surface area (Å²) in [7, 11) is 1.78. The average Bonchev–Trinajstić information content (AvgIpc) is 2.92. The number of aromatic nitrogens is 2. The minimum atomic E-state index is -0.554. The Morgan fingerprint density at radius 3 is 2.80 bits per heavy atom. The van der Waals surface area contributed by atoms with Crippen LogP contribution in [0.1, 0.15) is 41.0 Å². The van der Waals surface area contributed by atoms with Gasteiger partial charge in [0, 0.05) is 26.2 Å². The lowest BCUT2D eigenvalue weighted by Crippen LogP contribution is -2.40. The summed E-state index contributed by atoms with van der Waals surface area (Å²) in [5, 5.41) is 4.24. The molecule has 1 aliphatic rings. The number of hydrogen-bond donors (Lipinski definition) is 0. The number of halogens is 2. The van der Waals surface area contributed by atoms with E-state index in [0.29, 0.717) is 30.1 Å². The fourth-order valence-electron chi connectivity index (χ4n) is 3.54. The maximum Gasteiger partial charge on any atom is 0.272 e. The highest BCUT2D eigenvalue weighted by molar-refractivity contribution is 5.92. The number of hydrogen-bond acceptors (Lipinski definition) is 2. The van der Waals surface area contributed by atoms with Gasteiger partial charge in [-0.15, -0.1) is 0 Å². The highest BCUT2D eigenvalue weighted by Gasteiger charge is 2.26. The van der Waals surface area contributed by atoms with Crippen LogP contribution in [0.15, 0.2) is 24.3 Å². The molecule has 0 saturated carbocycles. The summed E-state index contributed by atoms with van der Waals surface area (Å²) < 4.78 is 28.4. The van der Waals surface area contributed by atoms with Crippen molar-refractivity contribution in [3.05, 3.63) is 52.9 Å². The predicted octanol–water partition coefficient (Wildman–Crippen LogP) is 3.49. The van der Waals surface area contributed by atoms with Crippen LogP contribution in [0.5, 0.6) is 0 Å². The lowest BCUT2D eigenvalue weighted by molar-refractivity contribution is 0.0657. The van der Waals surface area contributed by atoms with Gasteiger partial charge >= 0.3 is 0 Å². The van der Waals surface area contributed by atoms with Crippen LogP contribution in [0.3, 0.4) is 0 Å². The highest BCUT2D eigenvalue weighted by atomic mass is 19.1. The van der Waals surface area contributed by atoms with Crippen LogP contribution < -0.4 is 0 Å². The molecule has 4 nitrogen and oxygen atoms in total. The van der Waals surface area contributed by atoms with E-state index < -0.39 is 11.6 Å². The van der Waals surface area contributed by atoms with Crippen LogP contribution in [-0.4, -0.2) is 33.7 Å². The summed E-state index contributed by atoms with van der Waals surface area (Å²) in [5.74, 6) is -0.714. The maximum atomic E-state index is 13.8. The van der Waals surface area contributed by atoms with E-state index >= 15 is 0 Å². The molecule has 2 heterocycles. The highest BCUT2D eigenvalue weighted by Crippen LogP contribution is 2.24. The number of benzene rings is 1. The van der Waals surface area contributed by atoms with Crippen LogP contribution in [-0.2, 0) is 13.5 Å². The molecule has 25 heavy (non-hydrogen) atoms. The van der Waals surface area contributed by atoms with E-state index in [-0.39, 0.29) is 5.91 Å². The molecule has 0 aliphatic carbocycles. The molecule has 2 aromatic rings. The minimum absolute atomic E-state index is 0.000706. The van der Waals surface area contributed by atoms with Crippen molar-refractivity contribution in [3.8, 4) is 0 Å². The van der Waals surface area contributed by atoms with Gasteiger partial charge < -0.3 is 4.90 Å². The van der Waals surface area contributed by atoms with E-state index in [1.807, 2.05) is 11.8 Å². The Morgan fingerprint density at radius 1 is 1.32 bits per heavy atom. The summed E-state index contributed by atoms with van der Waals surface area (Å²) in [4.78, 5) is 14.6. The van der Waals surface area contributed by atoms with Crippen LogP contribution >= 0.6 is 0 Å². The molecule has 1 amide bonds. The summed E-state index contributed by atoms with van der Waals surface area (Å²) in [6.45, 7) is 3.28. The topological polar surface area (TPSA) is 38.1 Å². The van der Waals surface area contributed by atoms with Crippen molar-refractivity contribution in [1.82, 2.24) is 14.7 Å². The maximum absolute atomic E-state index is 13.8. The molecule has 3 rings (SSSR count). The molecule has 0 N–H and O–H groups in total. The van der Waals surface area contributed by atoms with E-state index in [2.05, 4.69) is 5.10 Å². The molecule has 0 spiro atoms. The zero-order valence-electron chi connectivity index (χ0n) is 14.6. The van der Waals surface area contributed by atoms with Gasteiger partial charge in [0.2, 0.25) is 0 Å². The molecule has 0 radical (unpaired) electrons. The molecule has 1 aromatic heterocycles. The number of carbonyl (C=O) groups is 1. The van der Waals surface area contributed by atoms with Crippen molar-refractivity contribution in [3.63, 3.8) is 0 Å². The lowest BCUT2D eigenvalue weighted by Gasteiger charge is -2.32. The summed E-state index contributed by atoms with van der Waals surface area (Å²) in [5.41, 5.74) is 1.96. The van der Waals surface area contributed by atoms with Gasteiger partial charge in [0.1, 0.15) is 17.3 Å². The van der Waals surface area contributed by atoms with Crippen molar-refractivity contribution in [2.24, 2.45) is 13.0 Å². The molecule has 1 aliphatic heterocycles. The Hall–Kier alpha value is -2.24. The zero-order valence-corrected chi connectivity index (χ0v) is 14.6. The standard InChI is InChI=1S/C19H23F2N3O/c1-13-10-18(23(2)22-13)19(25)24-9-3-4-14(12-24)5-6-15-7-8-16(20)11-17(15)21/h7-8,10-11,14H,3-6,9,12H2,1-2H3/t14-/m1/s1. The van der Waals surface area contributed by atoms with Crippen molar-refractivity contribution >= 4 is 5.91 Å². The Bertz CT molecular complexity index is 772. The van der Waals surface area contributed by atoms with Crippen molar-refractivity contribution in [2.75, 3.05) is 13.1 Å². The first-order chi connectivity index (χ1) is 11.9. The van der Waals surface area contributed by atoms with Crippen LogP contribution in [0.25, 0.3) is 0 Å². The molecule has 6 heteroatoms. The van der Waals surface area contributed by atoms with E-state index in [9.17, 15) is 13.6 Å². The Morgan fingerprint density at radius 2 is 2.12 bits per heavy atom. The second kappa shape index (κ2) is 7.33. The summed E-state index contributed by atoms with van der Waals surface area (Å²) in [6, 6.07) is 5.53. The number of amides is 1. The first-order valence-electron chi connectivity index (χ1n) is 8.68. The third kappa shape index (κ3) is 4.06. The molecule has 0 bridgehead atoms. The van der Waals surface area contributed by atoms with Gasteiger partial charge in [0.05, 0.1) is 5.69 Å². The van der Waals surface area contributed by atoms with E-state index in [1.54, 1.807) is 17.8 Å². The molecular weight excluding hydrogens is 324 g/mol. The third-order valence-corrected chi connectivity index (χ3v) is 4.86. The number of aryl methyl sites for hydroxylation is 3. The van der Waals surface area contributed by atoms with Gasteiger partial charge in [0.25, 0.3) is 5.91 Å². The molecular formula is C19H23F2N3O. The first-order valence-corrected chi connectivity index (χ1v) is 8.68. The molecule has 1 fully saturated rings. The second-order valence-electron chi connectivity index (χ2n) is 6.83. The molecule has 1 aromatic carbocycles. The van der Waals surface area contributed by atoms with Gasteiger partial charge in [-0.3, -0.25) is 9.48 Å². The Kier molecular flexibility index (Phi) is 5.16. The number of nitrogens with zero attached hydrogens (tertiary/aromatic N) is 3. The molecule has 1 atom stereocenters. The van der Waals surface area contributed by atoms with Gasteiger partial charge in [-0.25, -0.2) is 8.78 Å². The number of carbonyl (C=O) groups excluding carboxylic acids is 1. The molecule has 1 saturated heterocycles. The Labute approximate surface area is 146 Å². The lowest BCUT2D eigenvalue weighted by atomic mass is 9.91. The third-order valence-electron chi connectivity index (χ3n) is 4.86. The van der Waals surface area contributed by atoms with Crippen LogP contribution in [0, 0.1) is 24.5 Å². The molecule has 134 valence electrons. The van der Waals surface area contributed by atoms with Gasteiger partial charge in [-0.1, -0.05) is 6.07 Å². The Balaban J connectivity index is 1.61. The van der Waals surface area contributed by atoms with E-state index in [0.717, 1.165) is 37.6 Å². The monoisotopic (exact) mass is 347 g/mol. The van der Waals surface area contributed by atoms with Crippen molar-refractivity contribution < 1.29 is 13.6 Å².